The number of rotatable bonds is 5. The van der Waals surface area contributed by atoms with Gasteiger partial charge in [0.1, 0.15) is 0 Å². The van der Waals surface area contributed by atoms with Crippen LogP contribution in [0.3, 0.4) is 0 Å². The van der Waals surface area contributed by atoms with Crippen molar-refractivity contribution in [3.63, 3.8) is 0 Å². The SMILES string of the molecule is CCc1cnn(C(C)(Cc2ccccc2Cl)C(=O)O)c1. The Bertz CT molecular complexity index is 624. The largest absolute Gasteiger partial charge is 0.479 e. The van der Waals surface area contributed by atoms with Crippen LogP contribution in [0.4, 0.5) is 0 Å². The van der Waals surface area contributed by atoms with E-state index in [0.29, 0.717) is 5.02 Å². The molecule has 0 saturated heterocycles. The average Bonchev–Trinajstić information content (AvgIpc) is 2.90. The van der Waals surface area contributed by atoms with E-state index in [0.717, 1.165) is 17.5 Å². The summed E-state index contributed by atoms with van der Waals surface area (Å²) in [6.07, 6.45) is 4.59. The summed E-state index contributed by atoms with van der Waals surface area (Å²) in [7, 11) is 0. The van der Waals surface area contributed by atoms with Crippen molar-refractivity contribution in [3.05, 3.63) is 52.8 Å². The van der Waals surface area contributed by atoms with E-state index in [9.17, 15) is 9.90 Å². The average molecular weight is 293 g/mol. The van der Waals surface area contributed by atoms with Gasteiger partial charge in [-0.15, -0.1) is 0 Å². The highest BCUT2D eigenvalue weighted by atomic mass is 35.5. The molecule has 0 bridgehead atoms. The predicted molar refractivity (Wildman–Crippen MR) is 78.0 cm³/mol. The minimum Gasteiger partial charge on any atom is -0.479 e. The van der Waals surface area contributed by atoms with E-state index in [2.05, 4.69) is 5.10 Å². The lowest BCUT2D eigenvalue weighted by atomic mass is 9.93. The Morgan fingerprint density at radius 1 is 1.45 bits per heavy atom. The van der Waals surface area contributed by atoms with Gasteiger partial charge in [-0.1, -0.05) is 36.7 Å². The van der Waals surface area contributed by atoms with E-state index in [1.54, 1.807) is 25.4 Å². The molecule has 4 nitrogen and oxygen atoms in total. The lowest BCUT2D eigenvalue weighted by molar-refractivity contribution is -0.147. The van der Waals surface area contributed by atoms with E-state index in [4.69, 9.17) is 11.6 Å². The quantitative estimate of drug-likeness (QED) is 0.921. The van der Waals surface area contributed by atoms with Gasteiger partial charge in [0.05, 0.1) is 6.20 Å². The summed E-state index contributed by atoms with van der Waals surface area (Å²) in [5, 5.41) is 14.4. The van der Waals surface area contributed by atoms with Gasteiger partial charge in [0, 0.05) is 17.6 Å². The van der Waals surface area contributed by atoms with Crippen LogP contribution in [-0.2, 0) is 23.2 Å². The summed E-state index contributed by atoms with van der Waals surface area (Å²) < 4.78 is 1.51. The zero-order valence-electron chi connectivity index (χ0n) is 11.5. The summed E-state index contributed by atoms with van der Waals surface area (Å²) >= 11 is 6.13. The third-order valence-electron chi connectivity index (χ3n) is 3.50. The van der Waals surface area contributed by atoms with Crippen LogP contribution in [0.5, 0.6) is 0 Å². The molecule has 1 atom stereocenters. The first kappa shape index (κ1) is 14.6. The first-order valence-corrected chi connectivity index (χ1v) is 6.86. The van der Waals surface area contributed by atoms with E-state index < -0.39 is 11.5 Å². The minimum atomic E-state index is -1.15. The predicted octanol–water partition coefficient (Wildman–Crippen LogP) is 3.14. The fourth-order valence-electron chi connectivity index (χ4n) is 2.08. The molecule has 0 aliphatic carbocycles. The van der Waals surface area contributed by atoms with Crippen molar-refractivity contribution in [2.75, 3.05) is 0 Å². The van der Waals surface area contributed by atoms with Crippen LogP contribution >= 0.6 is 11.6 Å². The van der Waals surface area contributed by atoms with Gasteiger partial charge in [-0.05, 0) is 30.5 Å². The molecule has 1 aromatic heterocycles. The normalized spacial score (nSPS) is 13.9. The molecule has 20 heavy (non-hydrogen) atoms. The lowest BCUT2D eigenvalue weighted by Gasteiger charge is -2.26. The molecule has 0 fully saturated rings. The molecule has 5 heteroatoms. The number of halogens is 1. The molecule has 2 aromatic rings. The number of carbonyl (C=O) groups is 1. The summed E-state index contributed by atoms with van der Waals surface area (Å²) in [4.78, 5) is 11.7. The third-order valence-corrected chi connectivity index (χ3v) is 3.87. The maximum Gasteiger partial charge on any atom is 0.331 e. The highest BCUT2D eigenvalue weighted by molar-refractivity contribution is 6.31. The molecule has 0 aliphatic heterocycles. The van der Waals surface area contributed by atoms with E-state index >= 15 is 0 Å². The fraction of sp³-hybridized carbons (Fsp3) is 0.333. The number of aryl methyl sites for hydroxylation is 1. The molecule has 1 N–H and O–H groups in total. The second kappa shape index (κ2) is 5.67. The second-order valence-electron chi connectivity index (χ2n) is 4.99. The van der Waals surface area contributed by atoms with Crippen LogP contribution in [0, 0.1) is 0 Å². The van der Waals surface area contributed by atoms with Crippen LogP contribution in [0.2, 0.25) is 5.02 Å². The zero-order chi connectivity index (χ0) is 14.8. The molecule has 1 heterocycles. The first-order chi connectivity index (χ1) is 9.47. The minimum absolute atomic E-state index is 0.285. The topological polar surface area (TPSA) is 55.1 Å². The van der Waals surface area contributed by atoms with Crippen molar-refractivity contribution in [2.24, 2.45) is 0 Å². The summed E-state index contributed by atoms with van der Waals surface area (Å²) in [5.74, 6) is -0.928. The van der Waals surface area contributed by atoms with Crippen molar-refractivity contribution >= 4 is 17.6 Å². The molecule has 106 valence electrons. The van der Waals surface area contributed by atoms with Crippen LogP contribution in [0.25, 0.3) is 0 Å². The van der Waals surface area contributed by atoms with E-state index in [1.165, 1.54) is 4.68 Å². The summed E-state index contributed by atoms with van der Waals surface area (Å²) in [5.41, 5.74) is 0.655. The van der Waals surface area contributed by atoms with Gasteiger partial charge < -0.3 is 5.11 Å². The molecule has 0 amide bonds. The first-order valence-electron chi connectivity index (χ1n) is 6.48. The number of hydrogen-bond acceptors (Lipinski definition) is 2. The molecular formula is C15H17ClN2O2. The molecule has 0 aliphatic rings. The summed E-state index contributed by atoms with van der Waals surface area (Å²) in [6.45, 7) is 3.67. The maximum atomic E-state index is 11.7. The molecule has 2 rings (SSSR count). The van der Waals surface area contributed by atoms with Gasteiger partial charge in [0.15, 0.2) is 5.54 Å². The Kier molecular flexibility index (Phi) is 4.14. The maximum absolute atomic E-state index is 11.7. The monoisotopic (exact) mass is 292 g/mol. The number of hydrogen-bond donors (Lipinski definition) is 1. The number of aliphatic carboxylic acids is 1. The Balaban J connectivity index is 2.40. The molecule has 0 saturated carbocycles. The molecule has 1 unspecified atom stereocenters. The standard InChI is InChI=1S/C15H17ClN2O2/c1-3-11-9-17-18(10-11)15(2,14(19)20)8-12-6-4-5-7-13(12)16/h4-7,9-10H,3,8H2,1-2H3,(H,19,20). The van der Waals surface area contributed by atoms with Crippen molar-refractivity contribution in [2.45, 2.75) is 32.2 Å². The van der Waals surface area contributed by atoms with Gasteiger partial charge in [0.2, 0.25) is 0 Å². The van der Waals surface area contributed by atoms with Crippen molar-refractivity contribution < 1.29 is 9.90 Å². The summed E-state index contributed by atoms with van der Waals surface area (Å²) in [6, 6.07) is 7.28. The van der Waals surface area contributed by atoms with E-state index in [-0.39, 0.29) is 6.42 Å². The van der Waals surface area contributed by atoms with Crippen LogP contribution in [0.1, 0.15) is 25.0 Å². The van der Waals surface area contributed by atoms with Crippen molar-refractivity contribution in [3.8, 4) is 0 Å². The van der Waals surface area contributed by atoms with Gasteiger partial charge in [0.25, 0.3) is 0 Å². The van der Waals surface area contributed by atoms with Crippen molar-refractivity contribution in [1.82, 2.24) is 9.78 Å². The fourth-order valence-corrected chi connectivity index (χ4v) is 2.28. The van der Waals surface area contributed by atoms with E-state index in [1.807, 2.05) is 25.1 Å². The number of carboxylic acid groups (broad SMARTS) is 1. The molecule has 1 aromatic carbocycles. The van der Waals surface area contributed by atoms with Crippen LogP contribution < -0.4 is 0 Å². The Morgan fingerprint density at radius 3 is 2.70 bits per heavy atom. The Hall–Kier alpha value is -1.81. The molecule has 0 spiro atoms. The number of nitrogens with zero attached hydrogens (tertiary/aromatic N) is 2. The van der Waals surface area contributed by atoms with Gasteiger partial charge >= 0.3 is 5.97 Å². The molecule has 0 radical (unpaired) electrons. The smallest absolute Gasteiger partial charge is 0.331 e. The number of benzene rings is 1. The Morgan fingerprint density at radius 2 is 2.15 bits per heavy atom. The van der Waals surface area contributed by atoms with Gasteiger partial charge in [-0.3, -0.25) is 4.68 Å². The van der Waals surface area contributed by atoms with Gasteiger partial charge in [-0.25, -0.2) is 4.79 Å². The van der Waals surface area contributed by atoms with Crippen LogP contribution in [-0.4, -0.2) is 20.9 Å². The Labute approximate surface area is 123 Å². The number of carboxylic acids is 1. The third kappa shape index (κ3) is 2.70. The van der Waals surface area contributed by atoms with Gasteiger partial charge in [-0.2, -0.15) is 5.10 Å². The zero-order valence-corrected chi connectivity index (χ0v) is 12.3. The van der Waals surface area contributed by atoms with Crippen LogP contribution in [0.15, 0.2) is 36.7 Å². The highest BCUT2D eigenvalue weighted by Gasteiger charge is 2.36. The lowest BCUT2D eigenvalue weighted by Crippen LogP contribution is -2.41. The molecular weight excluding hydrogens is 276 g/mol. The van der Waals surface area contributed by atoms with Crippen molar-refractivity contribution in [1.29, 1.82) is 0 Å². The number of aromatic nitrogens is 2. The second-order valence-corrected chi connectivity index (χ2v) is 5.40. The highest BCUT2D eigenvalue weighted by Crippen LogP contribution is 2.26.